The van der Waals surface area contributed by atoms with Crippen molar-refractivity contribution in [1.82, 2.24) is 21.3 Å². The maximum Gasteiger partial charge on any atom is 0.0776 e. The fraction of sp³-hybridized carbons (Fsp3) is 0.793. The van der Waals surface area contributed by atoms with E-state index in [9.17, 15) is 0 Å². The van der Waals surface area contributed by atoms with Crippen molar-refractivity contribution in [3.8, 4) is 0 Å². The van der Waals surface area contributed by atoms with Crippen molar-refractivity contribution >= 4 is 31.7 Å². The highest BCUT2D eigenvalue weighted by atomic mass is 31.0. The van der Waals surface area contributed by atoms with E-state index in [1.54, 1.807) is 16.3 Å². The lowest BCUT2D eigenvalue weighted by atomic mass is 9.43. The summed E-state index contributed by atoms with van der Waals surface area (Å²) >= 11 is 0. The van der Waals surface area contributed by atoms with Gasteiger partial charge in [0, 0.05) is 0 Å². The number of nitrogens with one attached hydrogen (secondary N) is 4. The van der Waals surface area contributed by atoms with Crippen molar-refractivity contribution in [2.45, 2.75) is 87.5 Å². The molecule has 0 aromatic heterocycles. The molecule has 36 heavy (non-hydrogen) atoms. The third kappa shape index (κ3) is 4.32. The summed E-state index contributed by atoms with van der Waals surface area (Å²) in [4.78, 5) is 0. The molecule has 1 aromatic rings. The maximum atomic E-state index is 3.94. The van der Waals surface area contributed by atoms with Gasteiger partial charge in [-0.25, -0.2) is 0 Å². The third-order valence-corrected chi connectivity index (χ3v) is 14.3. The topological polar surface area (TPSA) is 48.1 Å². The fourth-order valence-electron chi connectivity index (χ4n) is 9.25. The summed E-state index contributed by atoms with van der Waals surface area (Å²) in [6.45, 7) is 11.9. The molecule has 5 atom stereocenters. The first kappa shape index (κ1) is 26.4. The minimum absolute atomic E-state index is 0.152. The lowest BCUT2D eigenvalue weighted by Gasteiger charge is -2.63. The Balaban J connectivity index is 1.55. The highest BCUT2D eigenvalue weighted by Gasteiger charge is 2.59. The Bertz CT molecular complexity index is 921. The molecule has 2 saturated heterocycles. The SMILES string of the molecule is C[Si](C)(C)c1ccc(C23CC4CC(CC(C4)C2CP)C3)c(C(P)(C2NCCCN2)C2NCCCN2)c1. The third-order valence-electron chi connectivity index (χ3n) is 10.7. The molecule has 6 fully saturated rings. The van der Waals surface area contributed by atoms with Crippen LogP contribution in [0.5, 0.6) is 0 Å². The van der Waals surface area contributed by atoms with E-state index in [0.29, 0.717) is 5.41 Å². The molecule has 4 nitrogen and oxygen atoms in total. The van der Waals surface area contributed by atoms with E-state index in [4.69, 9.17) is 0 Å². The summed E-state index contributed by atoms with van der Waals surface area (Å²) in [7, 11) is 5.17. The molecule has 4 bridgehead atoms. The largest absolute Gasteiger partial charge is 0.301 e. The van der Waals surface area contributed by atoms with Gasteiger partial charge in [0.1, 0.15) is 0 Å². The average Bonchev–Trinajstić information content (AvgIpc) is 2.88. The molecular weight excluding hydrogens is 494 g/mol. The van der Waals surface area contributed by atoms with Crippen LogP contribution in [0.4, 0.5) is 0 Å². The molecule has 0 radical (unpaired) electrons. The standard InChI is InChI=1S/C29H50N4P2Si/c1-36(2,3)22-6-7-23(28-16-19-12-20(17-28)14-21(13-19)25(28)18-34)24(15-22)29(35,26-30-8-4-9-31-26)27-32-10-5-11-33-27/h6-7,15,19-21,25-27,30-33H,4-5,8-14,16-18,34-35H2,1-3H3. The van der Waals surface area contributed by atoms with E-state index in [1.165, 1.54) is 51.1 Å². The second-order valence-corrected chi connectivity index (χ2v) is 20.4. The van der Waals surface area contributed by atoms with Gasteiger partial charge in [0.25, 0.3) is 0 Å². The Labute approximate surface area is 225 Å². The molecule has 7 rings (SSSR count). The van der Waals surface area contributed by atoms with Gasteiger partial charge in [-0.15, -0.1) is 18.5 Å². The van der Waals surface area contributed by atoms with E-state index in [1.807, 2.05) is 0 Å². The second-order valence-electron chi connectivity index (χ2n) is 13.9. The van der Waals surface area contributed by atoms with Crippen LogP contribution in [0, 0.1) is 23.7 Å². The fourth-order valence-corrected chi connectivity index (χ4v) is 12.0. The quantitative estimate of drug-likeness (QED) is 0.326. The van der Waals surface area contributed by atoms with Crippen molar-refractivity contribution in [3.63, 3.8) is 0 Å². The van der Waals surface area contributed by atoms with Crippen LogP contribution >= 0.6 is 18.5 Å². The van der Waals surface area contributed by atoms with Crippen LogP contribution in [0.1, 0.15) is 56.1 Å². The number of hydrogen-bond donors (Lipinski definition) is 4. The van der Waals surface area contributed by atoms with Crippen LogP contribution in [0.25, 0.3) is 0 Å². The molecule has 0 amide bonds. The Morgan fingerprint density at radius 1 is 0.889 bits per heavy atom. The molecule has 0 spiro atoms. The summed E-state index contributed by atoms with van der Waals surface area (Å²) in [6.07, 6.45) is 11.4. The zero-order valence-corrected chi connectivity index (χ0v) is 26.1. The van der Waals surface area contributed by atoms with E-state index >= 15 is 0 Å². The first-order valence-corrected chi connectivity index (χ1v) is 19.7. The van der Waals surface area contributed by atoms with Crippen molar-refractivity contribution in [2.75, 3.05) is 32.3 Å². The van der Waals surface area contributed by atoms with Crippen LogP contribution in [0.2, 0.25) is 19.6 Å². The maximum absolute atomic E-state index is 3.94. The molecule has 2 aliphatic heterocycles. The molecule has 4 N–H and O–H groups in total. The highest BCUT2D eigenvalue weighted by molar-refractivity contribution is 7.18. The molecule has 200 valence electrons. The monoisotopic (exact) mass is 544 g/mol. The molecule has 1 aromatic carbocycles. The van der Waals surface area contributed by atoms with Crippen molar-refractivity contribution in [3.05, 3.63) is 29.3 Å². The molecule has 5 unspecified atom stereocenters. The Hall–Kier alpha value is 0.137. The van der Waals surface area contributed by atoms with Gasteiger partial charge >= 0.3 is 0 Å². The van der Waals surface area contributed by atoms with Gasteiger partial charge < -0.3 is 21.3 Å². The molecule has 6 aliphatic rings. The number of benzene rings is 1. The summed E-state index contributed by atoms with van der Waals surface area (Å²) in [5, 5.41) is 17.2. The van der Waals surface area contributed by atoms with Crippen LogP contribution < -0.4 is 26.5 Å². The Morgan fingerprint density at radius 3 is 1.94 bits per heavy atom. The summed E-state index contributed by atoms with van der Waals surface area (Å²) in [5.74, 6) is 3.61. The lowest BCUT2D eigenvalue weighted by molar-refractivity contribution is -0.0525. The predicted octanol–water partition coefficient (Wildman–Crippen LogP) is 3.69. The van der Waals surface area contributed by atoms with Gasteiger partial charge in [0.2, 0.25) is 0 Å². The van der Waals surface area contributed by atoms with Gasteiger partial charge in [-0.2, -0.15) is 0 Å². The first-order valence-electron chi connectivity index (χ1n) is 14.8. The summed E-state index contributed by atoms with van der Waals surface area (Å²) in [5.41, 5.74) is 3.65. The number of rotatable bonds is 6. The van der Waals surface area contributed by atoms with Crippen LogP contribution in [0.15, 0.2) is 18.2 Å². The molecule has 7 heteroatoms. The smallest absolute Gasteiger partial charge is 0.0776 e. The van der Waals surface area contributed by atoms with E-state index in [2.05, 4.69) is 77.6 Å². The minimum Gasteiger partial charge on any atom is -0.301 e. The van der Waals surface area contributed by atoms with Gasteiger partial charge in [-0.1, -0.05) is 43.0 Å². The van der Waals surface area contributed by atoms with Crippen LogP contribution in [-0.4, -0.2) is 52.7 Å². The predicted molar refractivity (Wildman–Crippen MR) is 163 cm³/mol. The molecule has 2 heterocycles. The van der Waals surface area contributed by atoms with Crippen LogP contribution in [0.3, 0.4) is 0 Å². The van der Waals surface area contributed by atoms with Gasteiger partial charge in [0.15, 0.2) is 0 Å². The second kappa shape index (κ2) is 9.95. The van der Waals surface area contributed by atoms with Crippen LogP contribution in [-0.2, 0) is 10.6 Å². The van der Waals surface area contributed by atoms with Crippen molar-refractivity contribution in [1.29, 1.82) is 0 Å². The summed E-state index contributed by atoms with van der Waals surface area (Å²) in [6, 6.07) is 7.90. The van der Waals surface area contributed by atoms with E-state index in [-0.39, 0.29) is 17.5 Å². The van der Waals surface area contributed by atoms with Crippen molar-refractivity contribution < 1.29 is 0 Å². The van der Waals surface area contributed by atoms with Gasteiger partial charge in [0.05, 0.1) is 25.6 Å². The van der Waals surface area contributed by atoms with E-state index in [0.717, 1.165) is 49.9 Å². The van der Waals surface area contributed by atoms with Gasteiger partial charge in [-0.3, -0.25) is 0 Å². The van der Waals surface area contributed by atoms with E-state index < -0.39 is 8.07 Å². The summed E-state index contributed by atoms with van der Waals surface area (Å²) < 4.78 is 0. The zero-order chi connectivity index (χ0) is 25.1. The average molecular weight is 545 g/mol. The zero-order valence-electron chi connectivity index (χ0n) is 22.8. The highest BCUT2D eigenvalue weighted by Crippen LogP contribution is 2.65. The Kier molecular flexibility index (Phi) is 7.29. The van der Waals surface area contributed by atoms with Gasteiger partial charge in [-0.05, 0) is 118 Å². The molecular formula is C29H50N4P2Si. The lowest BCUT2D eigenvalue weighted by Crippen LogP contribution is -2.69. The minimum atomic E-state index is -1.47. The number of hydrogen-bond acceptors (Lipinski definition) is 4. The molecule has 4 aliphatic carbocycles. The normalized spacial score (nSPS) is 35.9. The van der Waals surface area contributed by atoms with Crippen molar-refractivity contribution in [2.24, 2.45) is 23.7 Å². The first-order chi connectivity index (χ1) is 17.3. The molecule has 4 saturated carbocycles. The Morgan fingerprint density at radius 2 is 1.44 bits per heavy atom.